The highest BCUT2D eigenvalue weighted by molar-refractivity contribution is 5.96. The Labute approximate surface area is 192 Å². The fourth-order valence-corrected chi connectivity index (χ4v) is 4.72. The Bertz CT molecular complexity index is 1260. The predicted octanol–water partition coefficient (Wildman–Crippen LogP) is 3.82. The van der Waals surface area contributed by atoms with Crippen LogP contribution in [0.2, 0.25) is 0 Å². The molecule has 2 aromatic heterocycles. The van der Waals surface area contributed by atoms with E-state index in [0.717, 1.165) is 53.3 Å². The third-order valence-electron chi connectivity index (χ3n) is 6.55. The average molecular weight is 442 g/mol. The van der Waals surface area contributed by atoms with Crippen molar-refractivity contribution in [3.05, 3.63) is 78.2 Å². The number of pyridine rings is 1. The number of hydrogen-bond donors (Lipinski definition) is 2. The SMILES string of the molecule is O=C(NC(CO)C1CCCC1)c1ccccc1Cn1cc(-c2ccc3cnccc3c2)nn1. The summed E-state index contributed by atoms with van der Waals surface area (Å²) in [4.78, 5) is 17.2. The molecular formula is C26H27N5O2. The van der Waals surface area contributed by atoms with Crippen molar-refractivity contribution in [2.24, 2.45) is 5.92 Å². The Balaban J connectivity index is 1.34. The zero-order valence-electron chi connectivity index (χ0n) is 18.4. The fraction of sp³-hybridized carbons (Fsp3) is 0.308. The van der Waals surface area contributed by atoms with Gasteiger partial charge >= 0.3 is 0 Å². The van der Waals surface area contributed by atoms with Crippen molar-refractivity contribution >= 4 is 16.7 Å². The first-order valence-corrected chi connectivity index (χ1v) is 11.4. The minimum absolute atomic E-state index is 0.0349. The number of benzene rings is 2. The highest BCUT2D eigenvalue weighted by atomic mass is 16.3. The Morgan fingerprint density at radius 3 is 2.82 bits per heavy atom. The van der Waals surface area contributed by atoms with E-state index in [-0.39, 0.29) is 18.6 Å². The van der Waals surface area contributed by atoms with Crippen molar-refractivity contribution in [1.82, 2.24) is 25.3 Å². The average Bonchev–Trinajstić information content (AvgIpc) is 3.55. The summed E-state index contributed by atoms with van der Waals surface area (Å²) in [5, 5.41) is 23.7. The molecule has 0 spiro atoms. The van der Waals surface area contributed by atoms with Crippen LogP contribution in [0, 0.1) is 5.92 Å². The number of fused-ring (bicyclic) bond motifs is 1. The minimum Gasteiger partial charge on any atom is -0.394 e. The van der Waals surface area contributed by atoms with E-state index in [4.69, 9.17) is 0 Å². The first-order valence-electron chi connectivity index (χ1n) is 11.4. The summed E-state index contributed by atoms with van der Waals surface area (Å²) in [7, 11) is 0. The van der Waals surface area contributed by atoms with E-state index < -0.39 is 0 Å². The molecule has 2 heterocycles. The van der Waals surface area contributed by atoms with E-state index in [1.54, 1.807) is 10.9 Å². The van der Waals surface area contributed by atoms with Gasteiger partial charge in [0, 0.05) is 28.9 Å². The standard InChI is InChI=1S/C26H27N5O2/c32-17-25(18-5-1-2-6-18)28-26(33)23-8-4-3-7-22(23)15-31-16-24(29-30-31)20-9-10-21-14-27-12-11-19(21)13-20/h3-4,7-14,16,18,25,32H,1-2,5-6,15,17H2,(H,28,33). The Morgan fingerprint density at radius 1 is 1.12 bits per heavy atom. The second kappa shape index (κ2) is 9.50. The zero-order chi connectivity index (χ0) is 22.6. The smallest absolute Gasteiger partial charge is 0.251 e. The van der Waals surface area contributed by atoms with Crippen LogP contribution in [0.25, 0.3) is 22.0 Å². The van der Waals surface area contributed by atoms with Crippen molar-refractivity contribution in [3.8, 4) is 11.3 Å². The number of nitrogens with one attached hydrogen (secondary N) is 1. The maximum absolute atomic E-state index is 13.1. The van der Waals surface area contributed by atoms with E-state index in [1.165, 1.54) is 0 Å². The topological polar surface area (TPSA) is 92.9 Å². The summed E-state index contributed by atoms with van der Waals surface area (Å²) >= 11 is 0. The van der Waals surface area contributed by atoms with Crippen LogP contribution in [0.15, 0.2) is 67.1 Å². The van der Waals surface area contributed by atoms with E-state index in [2.05, 4.69) is 26.7 Å². The number of aliphatic hydroxyl groups excluding tert-OH is 1. The van der Waals surface area contributed by atoms with Crippen LogP contribution in [0.4, 0.5) is 0 Å². The van der Waals surface area contributed by atoms with Gasteiger partial charge in [-0.2, -0.15) is 0 Å². The van der Waals surface area contributed by atoms with Gasteiger partial charge in [0.05, 0.1) is 25.4 Å². The molecule has 4 aromatic rings. The van der Waals surface area contributed by atoms with Crippen LogP contribution in [-0.4, -0.2) is 43.6 Å². The number of carbonyl (C=O) groups is 1. The summed E-state index contributed by atoms with van der Waals surface area (Å²) in [6.45, 7) is 0.397. The molecule has 1 aliphatic carbocycles. The summed E-state index contributed by atoms with van der Waals surface area (Å²) in [6, 6.07) is 15.4. The van der Waals surface area contributed by atoms with E-state index in [0.29, 0.717) is 18.0 Å². The van der Waals surface area contributed by atoms with Crippen molar-refractivity contribution in [2.45, 2.75) is 38.3 Å². The second-order valence-electron chi connectivity index (χ2n) is 8.70. The fourth-order valence-electron chi connectivity index (χ4n) is 4.72. The van der Waals surface area contributed by atoms with Gasteiger partial charge in [0.1, 0.15) is 5.69 Å². The first kappa shape index (κ1) is 21.3. The molecule has 1 saturated carbocycles. The van der Waals surface area contributed by atoms with Gasteiger partial charge in [-0.25, -0.2) is 4.68 Å². The van der Waals surface area contributed by atoms with Gasteiger partial charge in [-0.3, -0.25) is 9.78 Å². The largest absolute Gasteiger partial charge is 0.394 e. The van der Waals surface area contributed by atoms with Gasteiger partial charge in [-0.05, 0) is 47.9 Å². The molecule has 1 fully saturated rings. The predicted molar refractivity (Wildman–Crippen MR) is 127 cm³/mol. The Hall–Kier alpha value is -3.58. The molecule has 168 valence electrons. The van der Waals surface area contributed by atoms with Crippen molar-refractivity contribution in [1.29, 1.82) is 0 Å². The number of carbonyl (C=O) groups excluding carboxylic acids is 1. The molecule has 0 saturated heterocycles. The molecule has 0 radical (unpaired) electrons. The lowest BCUT2D eigenvalue weighted by molar-refractivity contribution is 0.0888. The van der Waals surface area contributed by atoms with Crippen LogP contribution in [0.5, 0.6) is 0 Å². The molecule has 7 nitrogen and oxygen atoms in total. The molecule has 1 unspecified atom stereocenters. The Kier molecular flexibility index (Phi) is 6.13. The van der Waals surface area contributed by atoms with Crippen LogP contribution in [0.1, 0.15) is 41.6 Å². The highest BCUT2D eigenvalue weighted by Crippen LogP contribution is 2.28. The van der Waals surface area contributed by atoms with Crippen LogP contribution in [0.3, 0.4) is 0 Å². The summed E-state index contributed by atoms with van der Waals surface area (Å²) in [6.07, 6.45) is 9.95. The Morgan fingerprint density at radius 2 is 1.97 bits per heavy atom. The minimum atomic E-state index is -0.200. The summed E-state index contributed by atoms with van der Waals surface area (Å²) < 4.78 is 1.75. The first-order chi connectivity index (χ1) is 16.2. The second-order valence-corrected chi connectivity index (χ2v) is 8.70. The molecule has 5 rings (SSSR count). The number of aliphatic hydroxyl groups is 1. The lowest BCUT2D eigenvalue weighted by Gasteiger charge is -2.23. The van der Waals surface area contributed by atoms with Gasteiger partial charge < -0.3 is 10.4 Å². The molecule has 1 atom stereocenters. The monoisotopic (exact) mass is 441 g/mol. The van der Waals surface area contributed by atoms with Gasteiger partial charge in [-0.15, -0.1) is 5.10 Å². The number of nitrogens with zero attached hydrogens (tertiary/aromatic N) is 4. The van der Waals surface area contributed by atoms with Gasteiger partial charge in [0.25, 0.3) is 5.91 Å². The molecule has 2 N–H and O–H groups in total. The van der Waals surface area contributed by atoms with Gasteiger partial charge in [0.2, 0.25) is 0 Å². The molecule has 0 bridgehead atoms. The molecule has 2 aromatic carbocycles. The highest BCUT2D eigenvalue weighted by Gasteiger charge is 2.26. The zero-order valence-corrected chi connectivity index (χ0v) is 18.4. The number of aromatic nitrogens is 4. The van der Waals surface area contributed by atoms with E-state index in [1.807, 2.05) is 54.9 Å². The van der Waals surface area contributed by atoms with Gasteiger partial charge in [0.15, 0.2) is 0 Å². The maximum atomic E-state index is 13.1. The normalized spacial score (nSPS) is 15.1. The third-order valence-corrected chi connectivity index (χ3v) is 6.55. The molecule has 1 aliphatic rings. The molecule has 1 amide bonds. The van der Waals surface area contributed by atoms with Gasteiger partial charge in [-0.1, -0.05) is 48.4 Å². The van der Waals surface area contributed by atoms with Crippen LogP contribution < -0.4 is 5.32 Å². The number of amides is 1. The number of hydrogen-bond acceptors (Lipinski definition) is 5. The van der Waals surface area contributed by atoms with Crippen molar-refractivity contribution in [2.75, 3.05) is 6.61 Å². The third kappa shape index (κ3) is 4.64. The van der Waals surface area contributed by atoms with E-state index >= 15 is 0 Å². The van der Waals surface area contributed by atoms with E-state index in [9.17, 15) is 9.90 Å². The molecular weight excluding hydrogens is 414 g/mol. The number of rotatable bonds is 7. The molecule has 7 heteroatoms. The molecule has 0 aliphatic heterocycles. The lowest BCUT2D eigenvalue weighted by Crippen LogP contribution is -2.42. The quantitative estimate of drug-likeness (QED) is 0.455. The van der Waals surface area contributed by atoms with Crippen molar-refractivity contribution < 1.29 is 9.90 Å². The lowest BCUT2D eigenvalue weighted by atomic mass is 9.98. The molecule has 33 heavy (non-hydrogen) atoms. The summed E-state index contributed by atoms with van der Waals surface area (Å²) in [5.41, 5.74) is 3.22. The van der Waals surface area contributed by atoms with Crippen LogP contribution >= 0.6 is 0 Å². The van der Waals surface area contributed by atoms with Crippen LogP contribution in [-0.2, 0) is 6.54 Å². The summed E-state index contributed by atoms with van der Waals surface area (Å²) in [5.74, 6) is 0.196. The maximum Gasteiger partial charge on any atom is 0.251 e. The van der Waals surface area contributed by atoms with Crippen molar-refractivity contribution in [3.63, 3.8) is 0 Å².